The molecule has 1 amide bonds. The topological polar surface area (TPSA) is 57.7 Å². The molecule has 0 saturated carbocycles. The summed E-state index contributed by atoms with van der Waals surface area (Å²) in [5.41, 5.74) is -0.0895. The molecule has 3 aromatic rings. The van der Waals surface area contributed by atoms with E-state index in [1.165, 1.54) is 9.21 Å². The minimum atomic E-state index is -3.71. The Balaban J connectivity index is 1.50. The van der Waals surface area contributed by atoms with Crippen LogP contribution in [0.2, 0.25) is 0 Å². The van der Waals surface area contributed by atoms with E-state index in [1.54, 1.807) is 18.2 Å². The largest absolute Gasteiger partial charge is 0.336 e. The number of rotatable bonds is 3. The molecule has 0 aliphatic carbocycles. The molecular weight excluding hydrogens is 398 g/mol. The Kier molecular flexibility index (Phi) is 5.06. The van der Waals surface area contributed by atoms with E-state index in [1.807, 2.05) is 24.3 Å². The van der Waals surface area contributed by atoms with Crippen LogP contribution < -0.4 is 0 Å². The summed E-state index contributed by atoms with van der Waals surface area (Å²) in [6.45, 7) is 0.505. The van der Waals surface area contributed by atoms with Gasteiger partial charge in [-0.2, -0.15) is 4.31 Å². The summed E-state index contributed by atoms with van der Waals surface area (Å²) in [5, 5.41) is 1.78. The van der Waals surface area contributed by atoms with Crippen LogP contribution in [0, 0.1) is 11.6 Å². The maximum absolute atomic E-state index is 13.4. The first-order chi connectivity index (χ1) is 13.8. The Hall–Kier alpha value is -2.84. The summed E-state index contributed by atoms with van der Waals surface area (Å²) in [7, 11) is -3.71. The SMILES string of the molecule is O=C(c1cc(F)cc(F)c1)N1CCN(S(=O)(=O)c2ccc3ccccc3c2)CC1. The van der Waals surface area contributed by atoms with Crippen LogP contribution in [0.15, 0.2) is 65.6 Å². The number of amides is 1. The second-order valence-electron chi connectivity index (χ2n) is 6.86. The zero-order valence-corrected chi connectivity index (χ0v) is 16.2. The second kappa shape index (κ2) is 7.53. The van der Waals surface area contributed by atoms with Crippen LogP contribution in [0.25, 0.3) is 10.8 Å². The number of halogens is 2. The lowest BCUT2D eigenvalue weighted by atomic mass is 10.1. The first-order valence-electron chi connectivity index (χ1n) is 9.09. The molecule has 1 aliphatic rings. The van der Waals surface area contributed by atoms with Crippen LogP contribution in [-0.4, -0.2) is 49.7 Å². The van der Waals surface area contributed by atoms with Crippen molar-refractivity contribution < 1.29 is 22.0 Å². The Labute approximate surface area is 167 Å². The molecule has 29 heavy (non-hydrogen) atoms. The molecular formula is C21H18F2N2O3S. The maximum Gasteiger partial charge on any atom is 0.254 e. The molecule has 0 bridgehead atoms. The van der Waals surface area contributed by atoms with E-state index in [0.717, 1.165) is 22.9 Å². The van der Waals surface area contributed by atoms with E-state index in [0.29, 0.717) is 6.07 Å². The molecule has 5 nitrogen and oxygen atoms in total. The van der Waals surface area contributed by atoms with Gasteiger partial charge in [0, 0.05) is 37.8 Å². The molecule has 0 aromatic heterocycles. The van der Waals surface area contributed by atoms with Gasteiger partial charge in [0.2, 0.25) is 10.0 Å². The monoisotopic (exact) mass is 416 g/mol. The number of piperazine rings is 1. The average Bonchev–Trinajstić information content (AvgIpc) is 2.72. The molecule has 4 rings (SSSR count). The first kappa shape index (κ1) is 19.5. The Morgan fingerprint density at radius 2 is 1.41 bits per heavy atom. The van der Waals surface area contributed by atoms with Crippen molar-refractivity contribution in [3.63, 3.8) is 0 Å². The number of carbonyl (C=O) groups is 1. The highest BCUT2D eigenvalue weighted by Crippen LogP contribution is 2.23. The van der Waals surface area contributed by atoms with Gasteiger partial charge in [-0.25, -0.2) is 17.2 Å². The molecule has 3 aromatic carbocycles. The average molecular weight is 416 g/mol. The van der Waals surface area contributed by atoms with Crippen LogP contribution in [0.4, 0.5) is 8.78 Å². The van der Waals surface area contributed by atoms with Crippen molar-refractivity contribution in [1.29, 1.82) is 0 Å². The van der Waals surface area contributed by atoms with Gasteiger partial charge in [0.15, 0.2) is 0 Å². The summed E-state index contributed by atoms with van der Waals surface area (Å²) in [4.78, 5) is 14.1. The fraction of sp³-hybridized carbons (Fsp3) is 0.190. The highest BCUT2D eigenvalue weighted by atomic mass is 32.2. The van der Waals surface area contributed by atoms with Gasteiger partial charge in [-0.05, 0) is 35.0 Å². The molecule has 1 saturated heterocycles. The van der Waals surface area contributed by atoms with Crippen molar-refractivity contribution in [2.75, 3.05) is 26.2 Å². The molecule has 1 fully saturated rings. The van der Waals surface area contributed by atoms with Crippen molar-refractivity contribution >= 4 is 26.7 Å². The lowest BCUT2D eigenvalue weighted by Gasteiger charge is -2.34. The number of hydrogen-bond acceptors (Lipinski definition) is 3. The van der Waals surface area contributed by atoms with Gasteiger partial charge in [-0.3, -0.25) is 4.79 Å². The fourth-order valence-electron chi connectivity index (χ4n) is 3.47. The predicted octanol–water partition coefficient (Wildman–Crippen LogP) is 3.26. The third kappa shape index (κ3) is 3.86. The highest BCUT2D eigenvalue weighted by molar-refractivity contribution is 7.89. The highest BCUT2D eigenvalue weighted by Gasteiger charge is 2.30. The van der Waals surface area contributed by atoms with Gasteiger partial charge in [-0.1, -0.05) is 30.3 Å². The van der Waals surface area contributed by atoms with Crippen LogP contribution in [0.1, 0.15) is 10.4 Å². The third-order valence-electron chi connectivity index (χ3n) is 4.99. The molecule has 1 heterocycles. The van der Waals surface area contributed by atoms with Crippen molar-refractivity contribution in [2.45, 2.75) is 4.90 Å². The fourth-order valence-corrected chi connectivity index (χ4v) is 4.93. The number of nitrogens with zero attached hydrogens (tertiary/aromatic N) is 2. The molecule has 0 unspecified atom stereocenters. The maximum atomic E-state index is 13.4. The van der Waals surface area contributed by atoms with E-state index in [9.17, 15) is 22.0 Å². The van der Waals surface area contributed by atoms with Crippen LogP contribution in [-0.2, 0) is 10.0 Å². The molecule has 1 aliphatic heterocycles. The van der Waals surface area contributed by atoms with E-state index in [4.69, 9.17) is 0 Å². The summed E-state index contributed by atoms with van der Waals surface area (Å²) < 4.78 is 54.1. The van der Waals surface area contributed by atoms with E-state index < -0.39 is 27.6 Å². The normalized spacial score (nSPS) is 15.6. The van der Waals surface area contributed by atoms with Crippen molar-refractivity contribution in [3.8, 4) is 0 Å². The van der Waals surface area contributed by atoms with Gasteiger partial charge >= 0.3 is 0 Å². The van der Waals surface area contributed by atoms with Crippen LogP contribution in [0.3, 0.4) is 0 Å². The van der Waals surface area contributed by atoms with E-state index >= 15 is 0 Å². The summed E-state index contributed by atoms with van der Waals surface area (Å²) in [6, 6.07) is 15.1. The summed E-state index contributed by atoms with van der Waals surface area (Å²) in [5.74, 6) is -2.18. The number of hydrogen-bond donors (Lipinski definition) is 0. The standard InChI is InChI=1S/C21H18F2N2O3S/c22-18-11-17(12-19(23)14-18)21(26)24-7-9-25(10-8-24)29(27,28)20-6-5-15-3-1-2-4-16(15)13-20/h1-6,11-14H,7-10H2. The number of carbonyl (C=O) groups excluding carboxylic acids is 1. The Bertz CT molecular complexity index is 1170. The third-order valence-corrected chi connectivity index (χ3v) is 6.89. The van der Waals surface area contributed by atoms with Crippen molar-refractivity contribution in [2.24, 2.45) is 0 Å². The lowest BCUT2D eigenvalue weighted by molar-refractivity contribution is 0.0697. The molecule has 0 N–H and O–H groups in total. The quantitative estimate of drug-likeness (QED) is 0.659. The first-order valence-corrected chi connectivity index (χ1v) is 10.5. The van der Waals surface area contributed by atoms with Gasteiger partial charge in [0.25, 0.3) is 5.91 Å². The van der Waals surface area contributed by atoms with Gasteiger partial charge in [0.1, 0.15) is 11.6 Å². The van der Waals surface area contributed by atoms with Crippen LogP contribution >= 0.6 is 0 Å². The molecule has 0 radical (unpaired) electrons. The minimum Gasteiger partial charge on any atom is -0.336 e. The van der Waals surface area contributed by atoms with Crippen molar-refractivity contribution in [1.82, 2.24) is 9.21 Å². The minimum absolute atomic E-state index is 0.0895. The number of sulfonamides is 1. The van der Waals surface area contributed by atoms with Gasteiger partial charge in [0.05, 0.1) is 4.90 Å². The van der Waals surface area contributed by atoms with E-state index in [2.05, 4.69) is 0 Å². The molecule has 0 spiro atoms. The molecule has 8 heteroatoms. The van der Waals surface area contributed by atoms with Gasteiger partial charge in [-0.15, -0.1) is 0 Å². The van der Waals surface area contributed by atoms with Gasteiger partial charge < -0.3 is 4.90 Å². The Morgan fingerprint density at radius 1 is 0.793 bits per heavy atom. The zero-order valence-electron chi connectivity index (χ0n) is 15.4. The molecule has 0 atom stereocenters. The summed E-state index contributed by atoms with van der Waals surface area (Å²) >= 11 is 0. The summed E-state index contributed by atoms with van der Waals surface area (Å²) in [6.07, 6.45) is 0. The number of fused-ring (bicyclic) bond motifs is 1. The smallest absolute Gasteiger partial charge is 0.254 e. The van der Waals surface area contributed by atoms with Crippen molar-refractivity contribution in [3.05, 3.63) is 77.9 Å². The zero-order chi connectivity index (χ0) is 20.6. The second-order valence-corrected chi connectivity index (χ2v) is 8.80. The lowest BCUT2D eigenvalue weighted by Crippen LogP contribution is -2.50. The predicted molar refractivity (Wildman–Crippen MR) is 105 cm³/mol. The van der Waals surface area contributed by atoms with Crippen LogP contribution in [0.5, 0.6) is 0 Å². The van der Waals surface area contributed by atoms with E-state index in [-0.39, 0.29) is 36.6 Å². The number of benzene rings is 3. The molecule has 150 valence electrons. The Morgan fingerprint density at radius 3 is 2.07 bits per heavy atom.